The lowest BCUT2D eigenvalue weighted by molar-refractivity contribution is -0.122. The van der Waals surface area contributed by atoms with Crippen molar-refractivity contribution in [1.82, 2.24) is 5.32 Å². The van der Waals surface area contributed by atoms with Crippen LogP contribution in [-0.4, -0.2) is 24.0 Å². The summed E-state index contributed by atoms with van der Waals surface area (Å²) in [5.41, 5.74) is 2.33. The third-order valence-electron chi connectivity index (χ3n) is 3.78. The fourth-order valence-electron chi connectivity index (χ4n) is 2.44. The average Bonchev–Trinajstić information content (AvgIpc) is 2.44. The minimum Gasteiger partial charge on any atom is -0.447 e. The maximum absolute atomic E-state index is 12.6. The van der Waals surface area contributed by atoms with E-state index in [1.54, 1.807) is 13.8 Å². The number of carbonyl (C=O) groups excluding carboxylic acids is 2. The van der Waals surface area contributed by atoms with Gasteiger partial charge in [0.15, 0.2) is 5.78 Å². The second-order valence-electron chi connectivity index (χ2n) is 6.80. The standard InChI is InChI=1S/C19H29NO3/c1-12(2)18(20-19(22)23-13(3)4)17(21)11-15(6)16-9-7-14(5)8-10-16/h7-10,12-13,15,18H,11H2,1-6H3,(H,20,22)/t15?,18-/m0/s1. The third kappa shape index (κ3) is 6.43. The molecule has 23 heavy (non-hydrogen) atoms. The van der Waals surface area contributed by atoms with Crippen molar-refractivity contribution in [2.75, 3.05) is 0 Å². The summed E-state index contributed by atoms with van der Waals surface area (Å²) in [5.74, 6) is 0.175. The number of amides is 1. The van der Waals surface area contributed by atoms with Crippen LogP contribution in [0, 0.1) is 12.8 Å². The number of ketones is 1. The second kappa shape index (κ2) is 8.70. The van der Waals surface area contributed by atoms with Crippen molar-refractivity contribution in [3.63, 3.8) is 0 Å². The predicted octanol–water partition coefficient (Wildman–Crippen LogP) is 4.22. The molecule has 1 aromatic rings. The molecule has 4 heteroatoms. The number of carbonyl (C=O) groups is 2. The van der Waals surface area contributed by atoms with Crippen molar-refractivity contribution in [3.05, 3.63) is 35.4 Å². The van der Waals surface area contributed by atoms with Gasteiger partial charge in [0.1, 0.15) is 0 Å². The molecule has 0 radical (unpaired) electrons. The number of nitrogens with one attached hydrogen (secondary N) is 1. The van der Waals surface area contributed by atoms with Gasteiger partial charge in [0.25, 0.3) is 0 Å². The summed E-state index contributed by atoms with van der Waals surface area (Å²) < 4.78 is 5.08. The normalized spacial score (nSPS) is 13.7. The molecule has 0 aromatic heterocycles. The first-order chi connectivity index (χ1) is 10.7. The molecule has 0 aliphatic carbocycles. The smallest absolute Gasteiger partial charge is 0.407 e. The van der Waals surface area contributed by atoms with Crippen LogP contribution in [0.25, 0.3) is 0 Å². The Hall–Kier alpha value is -1.84. The molecule has 0 saturated heterocycles. The van der Waals surface area contributed by atoms with Crippen LogP contribution < -0.4 is 5.32 Å². The van der Waals surface area contributed by atoms with Gasteiger partial charge >= 0.3 is 6.09 Å². The molecule has 0 bridgehead atoms. The van der Waals surface area contributed by atoms with Crippen LogP contribution in [0.4, 0.5) is 4.79 Å². The summed E-state index contributed by atoms with van der Waals surface area (Å²) in [6, 6.07) is 7.69. The molecule has 1 amide bonds. The zero-order valence-corrected chi connectivity index (χ0v) is 15.1. The first-order valence-corrected chi connectivity index (χ1v) is 8.27. The minimum absolute atomic E-state index is 0.0208. The fourth-order valence-corrected chi connectivity index (χ4v) is 2.44. The zero-order chi connectivity index (χ0) is 17.6. The van der Waals surface area contributed by atoms with E-state index >= 15 is 0 Å². The van der Waals surface area contributed by atoms with E-state index in [2.05, 4.69) is 29.6 Å². The van der Waals surface area contributed by atoms with E-state index in [9.17, 15) is 9.59 Å². The maximum Gasteiger partial charge on any atom is 0.407 e. The van der Waals surface area contributed by atoms with Gasteiger partial charge in [0, 0.05) is 6.42 Å². The van der Waals surface area contributed by atoms with Crippen molar-refractivity contribution >= 4 is 11.9 Å². The van der Waals surface area contributed by atoms with Crippen molar-refractivity contribution in [2.24, 2.45) is 5.92 Å². The Morgan fingerprint density at radius 2 is 1.61 bits per heavy atom. The number of ether oxygens (including phenoxy) is 1. The second-order valence-corrected chi connectivity index (χ2v) is 6.80. The molecule has 0 aliphatic rings. The summed E-state index contributed by atoms with van der Waals surface area (Å²) in [6.07, 6.45) is -0.340. The highest BCUT2D eigenvalue weighted by atomic mass is 16.6. The Morgan fingerprint density at radius 3 is 2.09 bits per heavy atom. The largest absolute Gasteiger partial charge is 0.447 e. The van der Waals surface area contributed by atoms with Gasteiger partial charge in [-0.15, -0.1) is 0 Å². The van der Waals surface area contributed by atoms with Crippen LogP contribution in [0.3, 0.4) is 0 Å². The highest BCUT2D eigenvalue weighted by Gasteiger charge is 2.26. The van der Waals surface area contributed by atoms with E-state index < -0.39 is 12.1 Å². The van der Waals surface area contributed by atoms with E-state index in [0.29, 0.717) is 6.42 Å². The van der Waals surface area contributed by atoms with Gasteiger partial charge in [-0.2, -0.15) is 0 Å². The summed E-state index contributed by atoms with van der Waals surface area (Å²) in [5, 5.41) is 2.70. The molecule has 0 fully saturated rings. The summed E-state index contributed by atoms with van der Waals surface area (Å²) in [6.45, 7) is 11.5. The molecule has 1 N–H and O–H groups in total. The number of benzene rings is 1. The first kappa shape index (κ1) is 19.2. The summed E-state index contributed by atoms with van der Waals surface area (Å²) >= 11 is 0. The number of rotatable bonds is 7. The Bertz CT molecular complexity index is 520. The minimum atomic E-state index is -0.532. The number of Topliss-reactive ketones (excluding diaryl/α,β-unsaturated/α-hetero) is 1. The SMILES string of the molecule is Cc1ccc(C(C)CC(=O)[C@@H](NC(=O)OC(C)C)C(C)C)cc1. The highest BCUT2D eigenvalue weighted by Crippen LogP contribution is 2.21. The van der Waals surface area contributed by atoms with E-state index in [-0.39, 0.29) is 23.7 Å². The molecular weight excluding hydrogens is 290 g/mol. The van der Waals surface area contributed by atoms with Crippen molar-refractivity contribution in [3.8, 4) is 0 Å². The van der Waals surface area contributed by atoms with Gasteiger partial charge in [-0.05, 0) is 38.2 Å². The van der Waals surface area contributed by atoms with Gasteiger partial charge in [-0.25, -0.2) is 4.79 Å². The van der Waals surface area contributed by atoms with Crippen molar-refractivity contribution < 1.29 is 14.3 Å². The Balaban J connectivity index is 2.70. The molecular formula is C19H29NO3. The van der Waals surface area contributed by atoms with Crippen LogP contribution in [0.5, 0.6) is 0 Å². The van der Waals surface area contributed by atoms with Crippen LogP contribution in [0.2, 0.25) is 0 Å². The van der Waals surface area contributed by atoms with E-state index in [0.717, 1.165) is 5.56 Å². The highest BCUT2D eigenvalue weighted by molar-refractivity contribution is 5.88. The molecule has 1 aromatic carbocycles. The van der Waals surface area contributed by atoms with Gasteiger partial charge in [0.05, 0.1) is 12.1 Å². The zero-order valence-electron chi connectivity index (χ0n) is 15.1. The van der Waals surface area contributed by atoms with E-state index in [1.807, 2.05) is 27.7 Å². The number of hydrogen-bond donors (Lipinski definition) is 1. The lowest BCUT2D eigenvalue weighted by Crippen LogP contribution is -2.45. The van der Waals surface area contributed by atoms with Crippen LogP contribution in [0.15, 0.2) is 24.3 Å². The van der Waals surface area contributed by atoms with Crippen molar-refractivity contribution in [2.45, 2.75) is 66.0 Å². The molecule has 0 aliphatic heterocycles. The molecule has 0 saturated carbocycles. The first-order valence-electron chi connectivity index (χ1n) is 8.27. The average molecular weight is 319 g/mol. The Labute approximate surface area is 139 Å². The fraction of sp³-hybridized carbons (Fsp3) is 0.579. The van der Waals surface area contributed by atoms with E-state index in [1.165, 1.54) is 5.56 Å². The lowest BCUT2D eigenvalue weighted by Gasteiger charge is -2.23. The molecule has 1 unspecified atom stereocenters. The topological polar surface area (TPSA) is 55.4 Å². The molecule has 4 nitrogen and oxygen atoms in total. The summed E-state index contributed by atoms with van der Waals surface area (Å²) in [7, 11) is 0. The van der Waals surface area contributed by atoms with Gasteiger partial charge < -0.3 is 10.1 Å². The third-order valence-corrected chi connectivity index (χ3v) is 3.78. The van der Waals surface area contributed by atoms with Crippen molar-refractivity contribution in [1.29, 1.82) is 0 Å². The maximum atomic E-state index is 12.6. The Morgan fingerprint density at radius 1 is 1.04 bits per heavy atom. The number of alkyl carbamates (subject to hydrolysis) is 1. The van der Waals surface area contributed by atoms with Gasteiger partial charge in [-0.1, -0.05) is 50.6 Å². The Kier molecular flexibility index (Phi) is 7.27. The number of aryl methyl sites for hydroxylation is 1. The quantitative estimate of drug-likeness (QED) is 0.819. The molecule has 0 heterocycles. The monoisotopic (exact) mass is 319 g/mol. The van der Waals surface area contributed by atoms with E-state index in [4.69, 9.17) is 4.74 Å². The molecule has 2 atom stereocenters. The van der Waals surface area contributed by atoms with Crippen LogP contribution in [0.1, 0.15) is 58.1 Å². The predicted molar refractivity (Wildman–Crippen MR) is 92.6 cm³/mol. The van der Waals surface area contributed by atoms with Crippen LogP contribution >= 0.6 is 0 Å². The lowest BCUT2D eigenvalue weighted by atomic mass is 9.89. The van der Waals surface area contributed by atoms with Gasteiger partial charge in [0.2, 0.25) is 0 Å². The van der Waals surface area contributed by atoms with Crippen LogP contribution in [-0.2, 0) is 9.53 Å². The summed E-state index contributed by atoms with van der Waals surface area (Å²) in [4.78, 5) is 24.4. The number of hydrogen-bond acceptors (Lipinski definition) is 3. The molecule has 0 spiro atoms. The van der Waals surface area contributed by atoms with Gasteiger partial charge in [-0.3, -0.25) is 4.79 Å². The molecule has 128 valence electrons. The molecule has 1 rings (SSSR count).